The van der Waals surface area contributed by atoms with E-state index >= 15 is 0 Å². The third-order valence-corrected chi connectivity index (χ3v) is 2.08. The first kappa shape index (κ1) is 11.1. The Morgan fingerprint density at radius 3 is 2.73 bits per heavy atom. The monoisotopic (exact) mass is 206 g/mol. The fourth-order valence-corrected chi connectivity index (χ4v) is 1.25. The summed E-state index contributed by atoms with van der Waals surface area (Å²) in [5.74, 6) is 2.10. The maximum absolute atomic E-state index is 11.7. The van der Waals surface area contributed by atoms with Crippen LogP contribution < -0.4 is 11.1 Å². The zero-order chi connectivity index (χ0) is 11.6. The van der Waals surface area contributed by atoms with Crippen LogP contribution in [0.15, 0.2) is 0 Å². The molecule has 1 amide bonds. The predicted molar refractivity (Wildman–Crippen MR) is 58.1 cm³/mol. The molecule has 5 heteroatoms. The third-order valence-electron chi connectivity index (χ3n) is 2.08. The van der Waals surface area contributed by atoms with Gasteiger partial charge in [0.15, 0.2) is 0 Å². The van der Waals surface area contributed by atoms with E-state index in [1.807, 2.05) is 0 Å². The zero-order valence-corrected chi connectivity index (χ0v) is 9.03. The molecule has 0 spiro atoms. The molecule has 80 valence electrons. The summed E-state index contributed by atoms with van der Waals surface area (Å²) in [4.78, 5) is 11.7. The highest BCUT2D eigenvalue weighted by Crippen LogP contribution is 2.14. The van der Waals surface area contributed by atoms with Crippen LogP contribution in [-0.4, -0.2) is 21.7 Å². The minimum absolute atomic E-state index is 0.305. The van der Waals surface area contributed by atoms with Crippen LogP contribution in [0.25, 0.3) is 0 Å². The standard InChI is InChI=1S/C10H14N4O/c1-5-6(2)12-10(15)9-8(11)7(3)13-14(9)4/h1,6H,11H2,2-4H3,(H,12,15). The summed E-state index contributed by atoms with van der Waals surface area (Å²) in [6, 6.07) is -0.327. The van der Waals surface area contributed by atoms with Crippen molar-refractivity contribution in [3.63, 3.8) is 0 Å². The average molecular weight is 206 g/mol. The topological polar surface area (TPSA) is 72.9 Å². The van der Waals surface area contributed by atoms with Crippen LogP contribution in [0.2, 0.25) is 0 Å². The van der Waals surface area contributed by atoms with Crippen LogP contribution in [0.1, 0.15) is 23.1 Å². The van der Waals surface area contributed by atoms with Gasteiger partial charge in [0.2, 0.25) is 0 Å². The van der Waals surface area contributed by atoms with Gasteiger partial charge in [-0.3, -0.25) is 9.48 Å². The molecule has 1 unspecified atom stereocenters. The van der Waals surface area contributed by atoms with Gasteiger partial charge >= 0.3 is 0 Å². The second kappa shape index (κ2) is 4.05. The van der Waals surface area contributed by atoms with Gasteiger partial charge < -0.3 is 11.1 Å². The fourth-order valence-electron chi connectivity index (χ4n) is 1.25. The maximum Gasteiger partial charge on any atom is 0.272 e. The van der Waals surface area contributed by atoms with Crippen molar-refractivity contribution < 1.29 is 4.79 Å². The number of hydrogen-bond donors (Lipinski definition) is 2. The first-order valence-corrected chi connectivity index (χ1v) is 4.53. The van der Waals surface area contributed by atoms with E-state index in [-0.39, 0.29) is 11.9 Å². The molecule has 1 rings (SSSR count). The van der Waals surface area contributed by atoms with Gasteiger partial charge in [-0.1, -0.05) is 5.92 Å². The SMILES string of the molecule is C#CC(C)NC(=O)c1c(N)c(C)nn1C. The van der Waals surface area contributed by atoms with Crippen molar-refractivity contribution in [3.8, 4) is 12.3 Å². The number of hydrogen-bond acceptors (Lipinski definition) is 3. The van der Waals surface area contributed by atoms with Crippen LogP contribution >= 0.6 is 0 Å². The van der Waals surface area contributed by atoms with Gasteiger partial charge in [-0.15, -0.1) is 6.42 Å². The number of nitrogens with two attached hydrogens (primary N) is 1. The Morgan fingerprint density at radius 2 is 2.33 bits per heavy atom. The zero-order valence-electron chi connectivity index (χ0n) is 9.03. The van der Waals surface area contributed by atoms with Crippen LogP contribution in [-0.2, 0) is 7.05 Å². The summed E-state index contributed by atoms with van der Waals surface area (Å²) >= 11 is 0. The normalized spacial score (nSPS) is 11.9. The van der Waals surface area contributed by atoms with E-state index in [9.17, 15) is 4.79 Å². The minimum atomic E-state index is -0.327. The summed E-state index contributed by atoms with van der Waals surface area (Å²) in [5, 5.41) is 6.67. The van der Waals surface area contributed by atoms with E-state index in [4.69, 9.17) is 12.2 Å². The van der Waals surface area contributed by atoms with E-state index in [2.05, 4.69) is 16.3 Å². The lowest BCUT2D eigenvalue weighted by atomic mass is 10.2. The lowest BCUT2D eigenvalue weighted by Gasteiger charge is -2.08. The molecule has 1 heterocycles. The molecule has 0 fully saturated rings. The van der Waals surface area contributed by atoms with Crippen molar-refractivity contribution in [1.29, 1.82) is 0 Å². The number of carbonyl (C=O) groups excluding carboxylic acids is 1. The number of aryl methyl sites for hydroxylation is 2. The maximum atomic E-state index is 11.7. The summed E-state index contributed by atoms with van der Waals surface area (Å²) in [6.45, 7) is 3.47. The Bertz CT molecular complexity index is 427. The molecule has 0 saturated heterocycles. The fraction of sp³-hybridized carbons (Fsp3) is 0.400. The summed E-state index contributed by atoms with van der Waals surface area (Å²) in [5.41, 5.74) is 7.09. The highest BCUT2D eigenvalue weighted by Gasteiger charge is 2.18. The minimum Gasteiger partial charge on any atom is -0.395 e. The number of amides is 1. The van der Waals surface area contributed by atoms with Crippen molar-refractivity contribution in [2.24, 2.45) is 7.05 Å². The lowest BCUT2D eigenvalue weighted by molar-refractivity contribution is 0.0939. The summed E-state index contributed by atoms with van der Waals surface area (Å²) < 4.78 is 1.45. The van der Waals surface area contributed by atoms with Gasteiger partial charge in [0, 0.05) is 7.05 Å². The molecule has 1 aromatic rings. The van der Waals surface area contributed by atoms with Crippen molar-refractivity contribution >= 4 is 11.6 Å². The summed E-state index contributed by atoms with van der Waals surface area (Å²) in [7, 11) is 1.67. The molecule has 3 N–H and O–H groups in total. The Kier molecular flexibility index (Phi) is 3.00. The lowest BCUT2D eigenvalue weighted by Crippen LogP contribution is -2.33. The second-order valence-electron chi connectivity index (χ2n) is 3.33. The van der Waals surface area contributed by atoms with Gasteiger partial charge in [-0.05, 0) is 13.8 Å². The van der Waals surface area contributed by atoms with E-state index < -0.39 is 0 Å². The molecular weight excluding hydrogens is 192 g/mol. The van der Waals surface area contributed by atoms with Crippen molar-refractivity contribution in [2.45, 2.75) is 19.9 Å². The van der Waals surface area contributed by atoms with Crippen LogP contribution in [0, 0.1) is 19.3 Å². The molecular formula is C10H14N4O. The van der Waals surface area contributed by atoms with Crippen LogP contribution in [0.4, 0.5) is 5.69 Å². The molecule has 0 aliphatic carbocycles. The number of aromatic nitrogens is 2. The first-order chi connectivity index (χ1) is 6.97. The Morgan fingerprint density at radius 1 is 1.73 bits per heavy atom. The number of rotatable bonds is 2. The molecule has 0 bridgehead atoms. The third kappa shape index (κ3) is 2.10. The quantitative estimate of drug-likeness (QED) is 0.672. The van der Waals surface area contributed by atoms with E-state index in [0.717, 1.165) is 0 Å². The van der Waals surface area contributed by atoms with Crippen LogP contribution in [0.3, 0.4) is 0 Å². The van der Waals surface area contributed by atoms with Crippen molar-refractivity contribution in [3.05, 3.63) is 11.4 Å². The molecule has 0 aromatic carbocycles. The molecule has 0 aliphatic heterocycles. The van der Waals surface area contributed by atoms with Crippen molar-refractivity contribution in [2.75, 3.05) is 5.73 Å². The van der Waals surface area contributed by atoms with E-state index in [1.54, 1.807) is 20.9 Å². The summed E-state index contributed by atoms with van der Waals surface area (Å²) in [6.07, 6.45) is 5.16. The Balaban J connectivity index is 2.97. The second-order valence-corrected chi connectivity index (χ2v) is 3.33. The molecule has 5 nitrogen and oxygen atoms in total. The Hall–Kier alpha value is -1.96. The highest BCUT2D eigenvalue weighted by molar-refractivity contribution is 5.98. The smallest absolute Gasteiger partial charge is 0.272 e. The highest BCUT2D eigenvalue weighted by atomic mass is 16.2. The molecule has 1 aromatic heterocycles. The number of carbonyl (C=O) groups is 1. The van der Waals surface area contributed by atoms with E-state index in [0.29, 0.717) is 17.1 Å². The van der Waals surface area contributed by atoms with Gasteiger partial charge in [0.05, 0.1) is 17.4 Å². The molecule has 0 aliphatic rings. The molecule has 15 heavy (non-hydrogen) atoms. The number of terminal acetylenes is 1. The molecule has 1 atom stereocenters. The number of anilines is 1. The largest absolute Gasteiger partial charge is 0.395 e. The predicted octanol–water partition coefficient (Wildman–Crippen LogP) is 0.0622. The van der Waals surface area contributed by atoms with Crippen molar-refractivity contribution in [1.82, 2.24) is 15.1 Å². The first-order valence-electron chi connectivity index (χ1n) is 4.53. The van der Waals surface area contributed by atoms with Gasteiger partial charge in [-0.25, -0.2) is 0 Å². The van der Waals surface area contributed by atoms with Gasteiger partial charge in [0.1, 0.15) is 5.69 Å². The molecule has 0 radical (unpaired) electrons. The van der Waals surface area contributed by atoms with Gasteiger partial charge in [0.25, 0.3) is 5.91 Å². The van der Waals surface area contributed by atoms with Crippen LogP contribution in [0.5, 0.6) is 0 Å². The number of nitrogen functional groups attached to an aromatic ring is 1. The van der Waals surface area contributed by atoms with Gasteiger partial charge in [-0.2, -0.15) is 5.10 Å². The average Bonchev–Trinajstić information content (AvgIpc) is 2.41. The number of nitrogens with one attached hydrogen (secondary N) is 1. The Labute approximate surface area is 88.6 Å². The van der Waals surface area contributed by atoms with E-state index in [1.165, 1.54) is 4.68 Å². The molecule has 0 saturated carbocycles. The number of nitrogens with zero attached hydrogens (tertiary/aromatic N) is 2.